The van der Waals surface area contributed by atoms with E-state index in [1.165, 1.54) is 0 Å². The molecule has 2 aromatic rings. The van der Waals surface area contributed by atoms with Crippen LogP contribution in [0.4, 0.5) is 5.69 Å². The molecule has 0 spiro atoms. The van der Waals surface area contributed by atoms with Crippen LogP contribution in [0.1, 0.15) is 19.4 Å². The zero-order valence-electron chi connectivity index (χ0n) is 13.3. The number of nitrogens with one attached hydrogen (secondary N) is 2. The molecule has 0 aromatic heterocycles. The van der Waals surface area contributed by atoms with Gasteiger partial charge in [-0.25, -0.2) is 0 Å². The second-order valence-corrected chi connectivity index (χ2v) is 6.10. The summed E-state index contributed by atoms with van der Waals surface area (Å²) < 4.78 is 6.62. The molecular formula is C18H21BrN2O2. The summed E-state index contributed by atoms with van der Waals surface area (Å²) in [5.41, 5.74) is 1.91. The molecule has 0 radical (unpaired) electrons. The van der Waals surface area contributed by atoms with Crippen LogP contribution in [0, 0.1) is 0 Å². The highest BCUT2D eigenvalue weighted by Gasteiger charge is 2.15. The molecule has 0 aliphatic rings. The third kappa shape index (κ3) is 5.69. The minimum absolute atomic E-state index is 0.173. The quantitative estimate of drug-likeness (QED) is 0.768. The van der Waals surface area contributed by atoms with Gasteiger partial charge >= 0.3 is 0 Å². The Morgan fingerprint density at radius 2 is 1.96 bits per heavy atom. The zero-order valence-corrected chi connectivity index (χ0v) is 14.9. The summed E-state index contributed by atoms with van der Waals surface area (Å²) in [6.07, 6.45) is -0.575. The fourth-order valence-corrected chi connectivity index (χ4v) is 2.31. The van der Waals surface area contributed by atoms with E-state index in [0.717, 1.165) is 28.8 Å². The number of rotatable bonds is 7. The molecule has 0 bridgehead atoms. The van der Waals surface area contributed by atoms with Crippen LogP contribution in [0.3, 0.4) is 0 Å². The number of halogens is 1. The van der Waals surface area contributed by atoms with Crippen molar-refractivity contribution in [1.29, 1.82) is 0 Å². The van der Waals surface area contributed by atoms with Gasteiger partial charge in [0.05, 0.1) is 0 Å². The molecule has 1 amide bonds. The molecule has 5 heteroatoms. The van der Waals surface area contributed by atoms with E-state index in [0.29, 0.717) is 5.75 Å². The number of anilines is 1. The van der Waals surface area contributed by atoms with E-state index in [2.05, 4.69) is 33.5 Å². The molecular weight excluding hydrogens is 356 g/mol. The van der Waals surface area contributed by atoms with Gasteiger partial charge in [-0.15, -0.1) is 0 Å². The maximum Gasteiger partial charge on any atom is 0.265 e. The normalized spacial score (nSPS) is 11.8. The lowest BCUT2D eigenvalue weighted by Gasteiger charge is -2.15. The van der Waals surface area contributed by atoms with Gasteiger partial charge < -0.3 is 15.4 Å². The first kappa shape index (κ1) is 17.5. The van der Waals surface area contributed by atoms with E-state index in [9.17, 15) is 4.79 Å². The molecule has 2 N–H and O–H groups in total. The van der Waals surface area contributed by atoms with Crippen LogP contribution in [-0.4, -0.2) is 18.6 Å². The van der Waals surface area contributed by atoms with Gasteiger partial charge in [0.2, 0.25) is 0 Å². The number of ether oxygens (including phenoxy) is 1. The Morgan fingerprint density at radius 1 is 1.22 bits per heavy atom. The van der Waals surface area contributed by atoms with Gasteiger partial charge in [0.15, 0.2) is 6.10 Å². The minimum Gasteiger partial charge on any atom is -0.481 e. The van der Waals surface area contributed by atoms with Crippen molar-refractivity contribution in [2.45, 2.75) is 26.5 Å². The molecule has 4 nitrogen and oxygen atoms in total. The van der Waals surface area contributed by atoms with Crippen LogP contribution < -0.4 is 15.4 Å². The predicted octanol–water partition coefficient (Wildman–Crippen LogP) is 3.96. The molecule has 122 valence electrons. The Bertz CT molecular complexity index is 644. The molecule has 23 heavy (non-hydrogen) atoms. The number of hydrogen-bond donors (Lipinski definition) is 2. The Hall–Kier alpha value is -1.85. The SMILES string of the molecule is CCNCc1cccc(NC(=O)C(C)Oc2ccc(Br)cc2)c1. The van der Waals surface area contributed by atoms with Crippen molar-refractivity contribution in [2.24, 2.45) is 0 Å². The van der Waals surface area contributed by atoms with Gasteiger partial charge in [-0.2, -0.15) is 0 Å². The third-order valence-electron chi connectivity index (χ3n) is 3.27. The molecule has 2 aromatic carbocycles. The van der Waals surface area contributed by atoms with Crippen molar-refractivity contribution >= 4 is 27.5 Å². The maximum atomic E-state index is 12.2. The Morgan fingerprint density at radius 3 is 2.65 bits per heavy atom. The highest BCUT2D eigenvalue weighted by Crippen LogP contribution is 2.18. The fourth-order valence-electron chi connectivity index (χ4n) is 2.04. The van der Waals surface area contributed by atoms with Crippen molar-refractivity contribution in [3.63, 3.8) is 0 Å². The highest BCUT2D eigenvalue weighted by molar-refractivity contribution is 9.10. The van der Waals surface area contributed by atoms with Crippen LogP contribution in [0.2, 0.25) is 0 Å². The van der Waals surface area contributed by atoms with Gasteiger partial charge in [0, 0.05) is 16.7 Å². The molecule has 0 saturated heterocycles. The van der Waals surface area contributed by atoms with Crippen molar-refractivity contribution in [2.75, 3.05) is 11.9 Å². The van der Waals surface area contributed by atoms with Gasteiger partial charge in [-0.3, -0.25) is 4.79 Å². The van der Waals surface area contributed by atoms with Crippen molar-refractivity contribution < 1.29 is 9.53 Å². The van der Waals surface area contributed by atoms with Crippen molar-refractivity contribution in [3.8, 4) is 5.75 Å². The summed E-state index contributed by atoms with van der Waals surface area (Å²) in [6, 6.07) is 15.2. The Labute approximate surface area is 145 Å². The first-order chi connectivity index (χ1) is 11.1. The molecule has 0 heterocycles. The molecule has 0 aliphatic heterocycles. The fraction of sp³-hybridized carbons (Fsp3) is 0.278. The van der Waals surface area contributed by atoms with Gasteiger partial charge in [-0.1, -0.05) is 35.0 Å². The first-order valence-corrected chi connectivity index (χ1v) is 8.40. The smallest absolute Gasteiger partial charge is 0.265 e. The largest absolute Gasteiger partial charge is 0.481 e. The Balaban J connectivity index is 1.93. The molecule has 0 fully saturated rings. The summed E-state index contributed by atoms with van der Waals surface area (Å²) in [5.74, 6) is 0.491. The average Bonchev–Trinajstić information content (AvgIpc) is 2.55. The van der Waals surface area contributed by atoms with E-state index in [4.69, 9.17) is 4.74 Å². The second-order valence-electron chi connectivity index (χ2n) is 5.18. The van der Waals surface area contributed by atoms with E-state index >= 15 is 0 Å². The number of amides is 1. The minimum atomic E-state index is -0.575. The molecule has 2 rings (SSSR count). The molecule has 0 saturated carbocycles. The van der Waals surface area contributed by atoms with Crippen LogP contribution in [0.15, 0.2) is 53.0 Å². The third-order valence-corrected chi connectivity index (χ3v) is 3.80. The number of benzene rings is 2. The van der Waals surface area contributed by atoms with Gasteiger partial charge in [-0.05, 0) is 55.4 Å². The van der Waals surface area contributed by atoms with E-state index < -0.39 is 6.10 Å². The molecule has 0 aliphatic carbocycles. The monoisotopic (exact) mass is 376 g/mol. The van der Waals surface area contributed by atoms with Crippen LogP contribution in [-0.2, 0) is 11.3 Å². The number of carbonyl (C=O) groups excluding carboxylic acids is 1. The van der Waals surface area contributed by atoms with E-state index in [1.54, 1.807) is 6.92 Å². The van der Waals surface area contributed by atoms with Crippen LogP contribution in [0.5, 0.6) is 5.75 Å². The van der Waals surface area contributed by atoms with Crippen molar-refractivity contribution in [3.05, 3.63) is 58.6 Å². The summed E-state index contributed by atoms with van der Waals surface area (Å²) in [6.45, 7) is 5.49. The lowest BCUT2D eigenvalue weighted by Crippen LogP contribution is -2.30. The topological polar surface area (TPSA) is 50.4 Å². The number of hydrogen-bond acceptors (Lipinski definition) is 3. The zero-order chi connectivity index (χ0) is 16.7. The summed E-state index contributed by atoms with van der Waals surface area (Å²) in [4.78, 5) is 12.2. The van der Waals surface area contributed by atoms with Gasteiger partial charge in [0.1, 0.15) is 5.75 Å². The van der Waals surface area contributed by atoms with E-state index in [-0.39, 0.29) is 5.91 Å². The summed E-state index contributed by atoms with van der Waals surface area (Å²) in [5, 5.41) is 6.15. The Kier molecular flexibility index (Phi) is 6.62. The molecule has 1 unspecified atom stereocenters. The van der Waals surface area contributed by atoms with Crippen LogP contribution in [0.25, 0.3) is 0 Å². The second kappa shape index (κ2) is 8.70. The highest BCUT2D eigenvalue weighted by atomic mass is 79.9. The lowest BCUT2D eigenvalue weighted by atomic mass is 10.2. The molecule has 1 atom stereocenters. The summed E-state index contributed by atoms with van der Waals surface area (Å²) in [7, 11) is 0. The predicted molar refractivity (Wildman–Crippen MR) is 96.7 cm³/mol. The van der Waals surface area contributed by atoms with Crippen molar-refractivity contribution in [1.82, 2.24) is 5.32 Å². The summed E-state index contributed by atoms with van der Waals surface area (Å²) >= 11 is 3.37. The standard InChI is InChI=1S/C18H21BrN2O2/c1-3-20-12-14-5-4-6-16(11-14)21-18(22)13(2)23-17-9-7-15(19)8-10-17/h4-11,13,20H,3,12H2,1-2H3,(H,21,22). The average molecular weight is 377 g/mol. The number of carbonyl (C=O) groups is 1. The maximum absolute atomic E-state index is 12.2. The first-order valence-electron chi connectivity index (χ1n) is 7.61. The van der Waals surface area contributed by atoms with Crippen LogP contribution >= 0.6 is 15.9 Å². The lowest BCUT2D eigenvalue weighted by molar-refractivity contribution is -0.122. The van der Waals surface area contributed by atoms with E-state index in [1.807, 2.05) is 48.5 Å². The van der Waals surface area contributed by atoms with Gasteiger partial charge in [0.25, 0.3) is 5.91 Å².